The lowest BCUT2D eigenvalue weighted by Crippen LogP contribution is -2.18. The molecular weight excluding hydrogens is 356 g/mol. The van der Waals surface area contributed by atoms with Gasteiger partial charge in [-0.2, -0.15) is 0 Å². The Bertz CT molecular complexity index is 1160. The molecule has 0 unspecified atom stereocenters. The van der Waals surface area contributed by atoms with Gasteiger partial charge >= 0.3 is 11.7 Å². The number of nitrogens with zero attached hydrogens (tertiary/aromatic N) is 1. The first-order valence-electron chi connectivity index (χ1n) is 8.15. The number of hydrogen-bond donors (Lipinski definition) is 1. The number of ether oxygens (including phenoxy) is 1. The van der Waals surface area contributed by atoms with E-state index in [4.69, 9.17) is 20.8 Å². The Morgan fingerprint density at radius 1 is 1.19 bits per heavy atom. The van der Waals surface area contributed by atoms with E-state index in [0.717, 1.165) is 16.4 Å². The van der Waals surface area contributed by atoms with Gasteiger partial charge in [0, 0.05) is 17.0 Å². The number of hydrogen-bond acceptors (Lipinski definition) is 4. The third kappa shape index (κ3) is 3.11. The molecule has 2 aromatic heterocycles. The van der Waals surface area contributed by atoms with E-state index in [9.17, 15) is 9.59 Å². The number of halogens is 1. The highest BCUT2D eigenvalue weighted by atomic mass is 35.5. The molecule has 0 aliphatic heterocycles. The van der Waals surface area contributed by atoms with Crippen molar-refractivity contribution < 1.29 is 13.9 Å². The molecule has 0 spiro atoms. The molecule has 0 saturated heterocycles. The minimum absolute atomic E-state index is 0.131. The second-order valence-corrected chi connectivity index (χ2v) is 6.32. The van der Waals surface area contributed by atoms with Crippen LogP contribution >= 0.6 is 11.6 Å². The third-order valence-electron chi connectivity index (χ3n) is 4.12. The Morgan fingerprint density at radius 2 is 2.04 bits per heavy atom. The Labute approximate surface area is 152 Å². The van der Waals surface area contributed by atoms with Crippen molar-refractivity contribution >= 4 is 39.6 Å². The van der Waals surface area contributed by atoms with E-state index in [2.05, 4.69) is 4.98 Å². The molecule has 0 atom stereocenters. The first kappa shape index (κ1) is 16.5. The van der Waals surface area contributed by atoms with Gasteiger partial charge in [0.1, 0.15) is 5.58 Å². The standard InChI is InChI=1S/C19H15ClN2O4/c20-13-6-7-16-12(10-13)11-17(26-16)18(23)25-9-3-8-22-15-5-2-1-4-14(15)21-19(22)24/h1-2,4-7,10-11H,3,8-9H2,(H,21,24). The molecule has 26 heavy (non-hydrogen) atoms. The number of carbonyl (C=O) groups is 1. The molecule has 0 radical (unpaired) electrons. The molecule has 2 heterocycles. The van der Waals surface area contributed by atoms with Crippen molar-refractivity contribution in [2.75, 3.05) is 6.61 Å². The van der Waals surface area contributed by atoms with Crippen LogP contribution in [0.3, 0.4) is 0 Å². The van der Waals surface area contributed by atoms with E-state index in [1.54, 1.807) is 28.8 Å². The van der Waals surface area contributed by atoms with Gasteiger partial charge in [-0.05, 0) is 42.8 Å². The number of H-pyrrole nitrogens is 1. The summed E-state index contributed by atoms with van der Waals surface area (Å²) < 4.78 is 12.3. The van der Waals surface area contributed by atoms with Crippen molar-refractivity contribution in [3.05, 3.63) is 69.8 Å². The highest BCUT2D eigenvalue weighted by Crippen LogP contribution is 2.23. The van der Waals surface area contributed by atoms with Gasteiger partial charge in [-0.25, -0.2) is 9.59 Å². The number of rotatable bonds is 5. The zero-order valence-corrected chi connectivity index (χ0v) is 14.5. The van der Waals surface area contributed by atoms with Crippen LogP contribution in [-0.4, -0.2) is 22.1 Å². The molecule has 2 aromatic carbocycles. The number of esters is 1. The van der Waals surface area contributed by atoms with Crippen LogP contribution in [-0.2, 0) is 11.3 Å². The minimum atomic E-state index is -0.538. The molecular formula is C19H15ClN2O4. The summed E-state index contributed by atoms with van der Waals surface area (Å²) in [6.45, 7) is 0.633. The number of imidazole rings is 1. The monoisotopic (exact) mass is 370 g/mol. The molecule has 0 fully saturated rings. The number of aromatic amines is 1. The van der Waals surface area contributed by atoms with Gasteiger partial charge in [-0.15, -0.1) is 0 Å². The van der Waals surface area contributed by atoms with E-state index >= 15 is 0 Å². The van der Waals surface area contributed by atoms with Gasteiger partial charge in [0.05, 0.1) is 17.6 Å². The normalized spacial score (nSPS) is 11.3. The Morgan fingerprint density at radius 3 is 2.92 bits per heavy atom. The molecule has 0 aliphatic carbocycles. The maximum Gasteiger partial charge on any atom is 0.374 e. The first-order chi connectivity index (χ1) is 12.6. The van der Waals surface area contributed by atoms with Crippen LogP contribution < -0.4 is 5.69 Å². The zero-order valence-electron chi connectivity index (χ0n) is 13.7. The molecule has 4 rings (SSSR count). The Balaban J connectivity index is 1.38. The van der Waals surface area contributed by atoms with Gasteiger partial charge in [-0.1, -0.05) is 23.7 Å². The number of fused-ring (bicyclic) bond motifs is 2. The second kappa shape index (κ2) is 6.72. The number of aryl methyl sites for hydroxylation is 1. The number of nitrogens with one attached hydrogen (secondary N) is 1. The third-order valence-corrected chi connectivity index (χ3v) is 4.36. The van der Waals surface area contributed by atoms with Crippen molar-refractivity contribution in [2.45, 2.75) is 13.0 Å². The summed E-state index contributed by atoms with van der Waals surface area (Å²) in [7, 11) is 0. The molecule has 0 saturated carbocycles. The number of furan rings is 1. The van der Waals surface area contributed by atoms with Gasteiger partial charge in [-0.3, -0.25) is 4.57 Å². The second-order valence-electron chi connectivity index (χ2n) is 5.88. The van der Waals surface area contributed by atoms with Crippen molar-refractivity contribution in [1.29, 1.82) is 0 Å². The van der Waals surface area contributed by atoms with E-state index in [1.807, 2.05) is 24.3 Å². The minimum Gasteiger partial charge on any atom is -0.460 e. The van der Waals surface area contributed by atoms with E-state index in [-0.39, 0.29) is 18.1 Å². The molecule has 4 aromatic rings. The van der Waals surface area contributed by atoms with Gasteiger partial charge < -0.3 is 14.1 Å². The van der Waals surface area contributed by atoms with Gasteiger partial charge in [0.25, 0.3) is 0 Å². The SMILES string of the molecule is O=C(OCCCn1c(=O)[nH]c2ccccc21)c1cc2cc(Cl)ccc2o1. The lowest BCUT2D eigenvalue weighted by atomic mass is 10.2. The predicted octanol–water partition coefficient (Wildman–Crippen LogP) is 3.98. The molecule has 6 nitrogen and oxygen atoms in total. The average molecular weight is 371 g/mol. The molecule has 0 amide bonds. The van der Waals surface area contributed by atoms with Crippen molar-refractivity contribution in [2.24, 2.45) is 0 Å². The summed E-state index contributed by atoms with van der Waals surface area (Å²) >= 11 is 5.92. The molecule has 0 aliphatic rings. The van der Waals surface area contributed by atoms with Gasteiger partial charge in [0.15, 0.2) is 0 Å². The van der Waals surface area contributed by atoms with Crippen molar-refractivity contribution in [3.8, 4) is 0 Å². The van der Waals surface area contributed by atoms with Gasteiger partial charge in [0.2, 0.25) is 5.76 Å². The fourth-order valence-corrected chi connectivity index (χ4v) is 3.08. The number of benzene rings is 2. The predicted molar refractivity (Wildman–Crippen MR) is 98.7 cm³/mol. The molecule has 132 valence electrons. The van der Waals surface area contributed by atoms with E-state index < -0.39 is 5.97 Å². The maximum atomic E-state index is 12.1. The Hall–Kier alpha value is -2.99. The van der Waals surface area contributed by atoms with Crippen LogP contribution in [0.5, 0.6) is 0 Å². The van der Waals surface area contributed by atoms with Crippen LogP contribution in [0.2, 0.25) is 5.02 Å². The van der Waals surface area contributed by atoms with Crippen LogP contribution in [0.15, 0.2) is 57.7 Å². The largest absolute Gasteiger partial charge is 0.460 e. The van der Waals surface area contributed by atoms with E-state index in [1.165, 1.54) is 0 Å². The summed E-state index contributed by atoms with van der Waals surface area (Å²) in [5, 5.41) is 1.32. The fourth-order valence-electron chi connectivity index (χ4n) is 2.90. The quantitative estimate of drug-likeness (QED) is 0.426. The number of aromatic nitrogens is 2. The lowest BCUT2D eigenvalue weighted by Gasteiger charge is -2.04. The molecule has 0 bridgehead atoms. The van der Waals surface area contributed by atoms with E-state index in [0.29, 0.717) is 23.6 Å². The fraction of sp³-hybridized carbons (Fsp3) is 0.158. The first-order valence-corrected chi connectivity index (χ1v) is 8.53. The summed E-state index contributed by atoms with van der Waals surface area (Å²) in [6.07, 6.45) is 0.513. The zero-order chi connectivity index (χ0) is 18.1. The number of para-hydroxylation sites is 2. The summed E-state index contributed by atoms with van der Waals surface area (Å²) in [4.78, 5) is 26.9. The van der Waals surface area contributed by atoms with Crippen LogP contribution in [0.25, 0.3) is 22.0 Å². The number of carbonyl (C=O) groups excluding carboxylic acids is 1. The highest BCUT2D eigenvalue weighted by molar-refractivity contribution is 6.31. The van der Waals surface area contributed by atoms with Crippen LogP contribution in [0.4, 0.5) is 0 Å². The van der Waals surface area contributed by atoms with Crippen LogP contribution in [0.1, 0.15) is 17.0 Å². The Kier molecular flexibility index (Phi) is 4.26. The molecule has 7 heteroatoms. The van der Waals surface area contributed by atoms with Crippen molar-refractivity contribution in [3.63, 3.8) is 0 Å². The lowest BCUT2D eigenvalue weighted by molar-refractivity contribution is 0.0462. The topological polar surface area (TPSA) is 77.2 Å². The highest BCUT2D eigenvalue weighted by Gasteiger charge is 2.14. The average Bonchev–Trinajstić information content (AvgIpc) is 3.18. The smallest absolute Gasteiger partial charge is 0.374 e. The van der Waals surface area contributed by atoms with Crippen molar-refractivity contribution in [1.82, 2.24) is 9.55 Å². The maximum absolute atomic E-state index is 12.1. The van der Waals surface area contributed by atoms with Crippen LogP contribution in [0, 0.1) is 0 Å². The summed E-state index contributed by atoms with van der Waals surface area (Å²) in [5.41, 5.74) is 2.02. The molecule has 1 N–H and O–H groups in total. The summed E-state index contributed by atoms with van der Waals surface area (Å²) in [5.74, 6) is -0.407. The summed E-state index contributed by atoms with van der Waals surface area (Å²) in [6, 6.07) is 14.2.